The van der Waals surface area contributed by atoms with E-state index in [0.717, 1.165) is 6.42 Å². The molecule has 0 aromatic rings. The first-order valence-electron chi connectivity index (χ1n) is 2.52. The lowest BCUT2D eigenvalue weighted by Gasteiger charge is -1.96. The first kappa shape index (κ1) is 12.4. The SMILES string of the molecule is CCCO[PH](=O)OC.[AlH3]. The van der Waals surface area contributed by atoms with Gasteiger partial charge in [-0.25, -0.2) is 0 Å². The normalized spacial score (nSPS) is 12.2. The summed E-state index contributed by atoms with van der Waals surface area (Å²) in [5, 5.41) is 0. The first-order chi connectivity index (χ1) is 3.81. The minimum Gasteiger partial charge on any atom is -0.314 e. The van der Waals surface area contributed by atoms with Gasteiger partial charge >= 0.3 is 8.25 Å². The van der Waals surface area contributed by atoms with Gasteiger partial charge < -0.3 is 9.05 Å². The highest BCUT2D eigenvalue weighted by atomic mass is 31.1. The average molecular weight is 168 g/mol. The van der Waals surface area contributed by atoms with Crippen LogP contribution in [-0.4, -0.2) is 31.1 Å². The van der Waals surface area contributed by atoms with Crippen molar-refractivity contribution < 1.29 is 13.6 Å². The second-order valence-corrected chi connectivity index (χ2v) is 2.50. The molecule has 0 rings (SSSR count). The van der Waals surface area contributed by atoms with Crippen LogP contribution < -0.4 is 0 Å². The van der Waals surface area contributed by atoms with Gasteiger partial charge in [0.1, 0.15) is 0 Å². The molecule has 0 fully saturated rings. The quantitative estimate of drug-likeness (QED) is 0.446. The molecule has 0 aromatic carbocycles. The van der Waals surface area contributed by atoms with Crippen molar-refractivity contribution in [2.75, 3.05) is 13.7 Å². The van der Waals surface area contributed by atoms with E-state index in [9.17, 15) is 4.57 Å². The molecule has 5 heteroatoms. The van der Waals surface area contributed by atoms with Crippen molar-refractivity contribution in [3.63, 3.8) is 0 Å². The molecule has 0 aromatic heterocycles. The third kappa shape index (κ3) is 8.68. The Morgan fingerprint density at radius 1 is 1.56 bits per heavy atom. The second-order valence-electron chi connectivity index (χ2n) is 1.30. The van der Waals surface area contributed by atoms with Crippen molar-refractivity contribution >= 4 is 25.6 Å². The summed E-state index contributed by atoms with van der Waals surface area (Å²) in [6.45, 7) is 2.47. The molecule has 1 atom stereocenters. The fourth-order valence-corrected chi connectivity index (χ4v) is 0.733. The summed E-state index contributed by atoms with van der Waals surface area (Å²) in [6, 6.07) is 0. The molecule has 0 radical (unpaired) electrons. The van der Waals surface area contributed by atoms with Gasteiger partial charge in [0.15, 0.2) is 17.4 Å². The molecular weight excluding hydrogens is 154 g/mol. The summed E-state index contributed by atoms with van der Waals surface area (Å²) in [4.78, 5) is 0. The molecule has 0 bridgehead atoms. The molecule has 0 aliphatic heterocycles. The fourth-order valence-electron chi connectivity index (χ4n) is 0.244. The Bertz CT molecular complexity index is 78.2. The van der Waals surface area contributed by atoms with Crippen LogP contribution in [0.1, 0.15) is 13.3 Å². The Hall–Kier alpha value is 0.682. The maximum absolute atomic E-state index is 10.3. The van der Waals surface area contributed by atoms with Gasteiger partial charge in [-0.1, -0.05) is 6.92 Å². The Kier molecular flexibility index (Phi) is 11.9. The van der Waals surface area contributed by atoms with E-state index >= 15 is 0 Å². The highest BCUT2D eigenvalue weighted by Gasteiger charge is 1.90. The van der Waals surface area contributed by atoms with Crippen LogP contribution >= 0.6 is 8.25 Å². The van der Waals surface area contributed by atoms with Crippen LogP contribution in [0.5, 0.6) is 0 Å². The zero-order chi connectivity index (χ0) is 6.41. The van der Waals surface area contributed by atoms with E-state index in [1.54, 1.807) is 0 Å². The molecule has 0 saturated carbocycles. The van der Waals surface area contributed by atoms with Crippen molar-refractivity contribution in [1.82, 2.24) is 0 Å². The summed E-state index contributed by atoms with van der Waals surface area (Å²) >= 11 is 0. The van der Waals surface area contributed by atoms with E-state index in [-0.39, 0.29) is 17.4 Å². The molecule has 0 heterocycles. The maximum atomic E-state index is 10.3. The van der Waals surface area contributed by atoms with E-state index in [1.807, 2.05) is 6.92 Å². The molecule has 0 aliphatic rings. The molecule has 0 spiro atoms. The molecular formula is C4H14AlO3P. The lowest BCUT2D eigenvalue weighted by molar-refractivity contribution is 0.256. The highest BCUT2D eigenvalue weighted by molar-refractivity contribution is 7.33. The van der Waals surface area contributed by atoms with Gasteiger partial charge in [0, 0.05) is 7.11 Å². The minimum atomic E-state index is -2.14. The Labute approximate surface area is 66.8 Å². The van der Waals surface area contributed by atoms with Crippen LogP contribution in [0.2, 0.25) is 0 Å². The lowest BCUT2D eigenvalue weighted by atomic mass is 10.5. The van der Waals surface area contributed by atoms with Crippen LogP contribution in [0, 0.1) is 0 Å². The van der Waals surface area contributed by atoms with Crippen molar-refractivity contribution in [2.24, 2.45) is 0 Å². The summed E-state index contributed by atoms with van der Waals surface area (Å²) < 4.78 is 19.4. The van der Waals surface area contributed by atoms with Crippen LogP contribution in [0.3, 0.4) is 0 Å². The number of hydrogen-bond acceptors (Lipinski definition) is 3. The summed E-state index contributed by atoms with van der Waals surface area (Å²) in [5.74, 6) is 0. The van der Waals surface area contributed by atoms with E-state index < -0.39 is 8.25 Å². The summed E-state index contributed by atoms with van der Waals surface area (Å²) in [6.07, 6.45) is 0.875. The predicted molar refractivity (Wildman–Crippen MR) is 42.2 cm³/mol. The van der Waals surface area contributed by atoms with Gasteiger partial charge in [-0.05, 0) is 6.42 Å². The molecule has 0 N–H and O–H groups in total. The number of rotatable bonds is 4. The van der Waals surface area contributed by atoms with E-state index in [2.05, 4.69) is 9.05 Å². The van der Waals surface area contributed by atoms with E-state index in [0.29, 0.717) is 6.61 Å². The van der Waals surface area contributed by atoms with Gasteiger partial charge in [0.05, 0.1) is 6.61 Å². The van der Waals surface area contributed by atoms with Crippen molar-refractivity contribution in [3.8, 4) is 0 Å². The third-order valence-electron chi connectivity index (χ3n) is 0.591. The highest BCUT2D eigenvalue weighted by Crippen LogP contribution is 2.20. The van der Waals surface area contributed by atoms with Gasteiger partial charge in [-0.2, -0.15) is 0 Å². The average Bonchev–Trinajstić information content (AvgIpc) is 1.83. The van der Waals surface area contributed by atoms with Crippen LogP contribution in [-0.2, 0) is 13.6 Å². The Morgan fingerprint density at radius 2 is 2.11 bits per heavy atom. The largest absolute Gasteiger partial charge is 0.318 e. The minimum absolute atomic E-state index is 0. The van der Waals surface area contributed by atoms with Crippen LogP contribution in [0.25, 0.3) is 0 Å². The van der Waals surface area contributed by atoms with Crippen LogP contribution in [0.15, 0.2) is 0 Å². The standard InChI is InChI=1S/C4H11O3P.Al.3H/c1-3-4-7-8(5)6-2;;;;/h8H,3-4H2,1-2H3;;;;. The Balaban J connectivity index is 0. The van der Waals surface area contributed by atoms with Gasteiger partial charge in [0.2, 0.25) is 0 Å². The molecule has 0 saturated heterocycles. The zero-order valence-electron chi connectivity index (χ0n) is 5.14. The van der Waals surface area contributed by atoms with E-state index in [1.165, 1.54) is 7.11 Å². The zero-order valence-corrected chi connectivity index (χ0v) is 6.14. The van der Waals surface area contributed by atoms with Crippen molar-refractivity contribution in [2.45, 2.75) is 13.3 Å². The summed E-state index contributed by atoms with van der Waals surface area (Å²) in [7, 11) is -0.770. The topological polar surface area (TPSA) is 35.5 Å². The molecule has 1 unspecified atom stereocenters. The van der Waals surface area contributed by atoms with Crippen molar-refractivity contribution in [1.29, 1.82) is 0 Å². The smallest absolute Gasteiger partial charge is 0.314 e. The lowest BCUT2D eigenvalue weighted by Crippen LogP contribution is -1.82. The van der Waals surface area contributed by atoms with Gasteiger partial charge in [0.25, 0.3) is 0 Å². The molecule has 0 aliphatic carbocycles. The maximum Gasteiger partial charge on any atom is 0.318 e. The molecule has 3 nitrogen and oxygen atoms in total. The van der Waals surface area contributed by atoms with Gasteiger partial charge in [-0.3, -0.25) is 4.57 Å². The fraction of sp³-hybridized carbons (Fsp3) is 1.00. The van der Waals surface area contributed by atoms with Crippen molar-refractivity contribution in [3.05, 3.63) is 0 Å². The Morgan fingerprint density at radius 3 is 2.44 bits per heavy atom. The number of hydrogen-bond donors (Lipinski definition) is 0. The monoisotopic (exact) mass is 168 g/mol. The van der Waals surface area contributed by atoms with Crippen LogP contribution in [0.4, 0.5) is 0 Å². The first-order valence-corrected chi connectivity index (χ1v) is 3.74. The molecule has 9 heavy (non-hydrogen) atoms. The molecule has 0 amide bonds. The third-order valence-corrected chi connectivity index (χ3v) is 1.36. The van der Waals surface area contributed by atoms with E-state index in [4.69, 9.17) is 0 Å². The second kappa shape index (κ2) is 8.68. The predicted octanol–water partition coefficient (Wildman–Crippen LogP) is 0.265. The van der Waals surface area contributed by atoms with Gasteiger partial charge in [-0.15, -0.1) is 0 Å². The summed E-state index contributed by atoms with van der Waals surface area (Å²) in [5.41, 5.74) is 0. The molecule has 56 valence electrons.